The second-order valence-corrected chi connectivity index (χ2v) is 7.75. The number of ether oxygens (including phenoxy) is 1. The maximum absolute atomic E-state index is 12.6. The minimum atomic E-state index is -0.446. The summed E-state index contributed by atoms with van der Waals surface area (Å²) in [5.41, 5.74) is 3.72. The molecule has 5 nitrogen and oxygen atoms in total. The number of thioether (sulfide) groups is 1. The number of rotatable bonds is 6. The van der Waals surface area contributed by atoms with Crippen molar-refractivity contribution in [2.45, 2.75) is 0 Å². The number of nitrogens with one attached hydrogen (secondary N) is 1. The van der Waals surface area contributed by atoms with Gasteiger partial charge in [0.2, 0.25) is 0 Å². The van der Waals surface area contributed by atoms with Gasteiger partial charge >= 0.3 is 0 Å². The van der Waals surface area contributed by atoms with Crippen LogP contribution < -0.4 is 10.2 Å². The van der Waals surface area contributed by atoms with Gasteiger partial charge in [0, 0.05) is 10.6 Å². The molecule has 2 amide bonds. The van der Waals surface area contributed by atoms with Crippen molar-refractivity contribution in [3.8, 4) is 5.75 Å². The molecule has 0 spiro atoms. The van der Waals surface area contributed by atoms with Crippen LogP contribution in [-0.2, 0) is 4.79 Å². The third-order valence-electron chi connectivity index (χ3n) is 3.66. The predicted molar refractivity (Wildman–Crippen MR) is 116 cm³/mol. The highest BCUT2D eigenvalue weighted by Crippen LogP contribution is 2.31. The Morgan fingerprint density at radius 3 is 2.54 bits per heavy atom. The first-order valence-electron chi connectivity index (χ1n) is 8.16. The van der Waals surface area contributed by atoms with Crippen LogP contribution in [0.25, 0.3) is 6.08 Å². The van der Waals surface area contributed by atoms with Crippen molar-refractivity contribution < 1.29 is 14.3 Å². The number of benzene rings is 2. The molecule has 0 radical (unpaired) electrons. The van der Waals surface area contributed by atoms with Crippen molar-refractivity contribution in [3.05, 3.63) is 82.2 Å². The van der Waals surface area contributed by atoms with Crippen molar-refractivity contribution in [1.82, 2.24) is 10.4 Å². The molecule has 0 bridgehead atoms. The molecule has 8 heteroatoms. The second-order valence-electron chi connectivity index (χ2n) is 5.63. The minimum absolute atomic E-state index is 0.254. The number of carbonyl (C=O) groups excluding carboxylic acids is 2. The van der Waals surface area contributed by atoms with Crippen LogP contribution >= 0.6 is 35.6 Å². The SMILES string of the molecule is C=CCOc1ccc(/C=C2\SC(=S)N(NC(=O)c3ccc(Cl)cc3)C2=O)cc1. The number of nitrogens with zero attached hydrogens (tertiary/aromatic N) is 1. The van der Waals surface area contributed by atoms with E-state index in [9.17, 15) is 9.59 Å². The summed E-state index contributed by atoms with van der Waals surface area (Å²) in [5.74, 6) is -0.123. The Morgan fingerprint density at radius 2 is 1.89 bits per heavy atom. The van der Waals surface area contributed by atoms with Gasteiger partial charge in [-0.3, -0.25) is 15.0 Å². The van der Waals surface area contributed by atoms with Gasteiger partial charge in [-0.1, -0.05) is 48.2 Å². The monoisotopic (exact) mass is 430 g/mol. The highest BCUT2D eigenvalue weighted by molar-refractivity contribution is 8.26. The van der Waals surface area contributed by atoms with E-state index in [2.05, 4.69) is 12.0 Å². The number of halogens is 1. The van der Waals surface area contributed by atoms with Gasteiger partial charge in [0.15, 0.2) is 4.32 Å². The summed E-state index contributed by atoms with van der Waals surface area (Å²) in [6.45, 7) is 4.02. The van der Waals surface area contributed by atoms with Crippen LogP contribution in [0.4, 0.5) is 0 Å². The molecule has 0 aliphatic carbocycles. The lowest BCUT2D eigenvalue weighted by molar-refractivity contribution is -0.123. The second kappa shape index (κ2) is 9.05. The van der Waals surface area contributed by atoms with Crippen LogP contribution in [0, 0.1) is 0 Å². The fraction of sp³-hybridized carbons (Fsp3) is 0.0500. The summed E-state index contributed by atoms with van der Waals surface area (Å²) >= 11 is 12.2. The molecular weight excluding hydrogens is 416 g/mol. The van der Waals surface area contributed by atoms with E-state index in [1.807, 2.05) is 12.1 Å². The molecule has 3 rings (SSSR count). The van der Waals surface area contributed by atoms with E-state index in [0.29, 0.717) is 27.8 Å². The maximum atomic E-state index is 12.6. The summed E-state index contributed by atoms with van der Waals surface area (Å²) in [5, 5.41) is 1.59. The smallest absolute Gasteiger partial charge is 0.285 e. The average molecular weight is 431 g/mol. The van der Waals surface area contributed by atoms with Crippen molar-refractivity contribution in [3.63, 3.8) is 0 Å². The van der Waals surface area contributed by atoms with Crippen LogP contribution in [0.15, 0.2) is 66.1 Å². The standard InChI is InChI=1S/C20H15ClN2O3S2/c1-2-11-26-16-9-3-13(4-10-16)12-17-19(25)23(20(27)28-17)22-18(24)14-5-7-15(21)8-6-14/h2-10,12H,1,11H2,(H,22,24)/b17-12-. The summed E-state index contributed by atoms with van der Waals surface area (Å²) in [6.07, 6.45) is 3.38. The van der Waals surface area contributed by atoms with E-state index in [-0.39, 0.29) is 10.2 Å². The van der Waals surface area contributed by atoms with Crippen molar-refractivity contribution in [1.29, 1.82) is 0 Å². The zero-order chi connectivity index (χ0) is 20.1. The fourth-order valence-corrected chi connectivity index (χ4v) is 3.60. The Hall–Kier alpha value is -2.61. The van der Waals surface area contributed by atoms with Gasteiger partial charge in [-0.25, -0.2) is 0 Å². The van der Waals surface area contributed by atoms with Gasteiger partial charge in [-0.15, -0.1) is 0 Å². The van der Waals surface area contributed by atoms with Crippen LogP contribution in [0.2, 0.25) is 5.02 Å². The lowest BCUT2D eigenvalue weighted by Gasteiger charge is -2.15. The van der Waals surface area contributed by atoms with Crippen molar-refractivity contribution >= 4 is 57.8 Å². The average Bonchev–Trinajstić information content (AvgIpc) is 2.95. The molecule has 2 aromatic rings. The van der Waals surface area contributed by atoms with E-state index in [1.54, 1.807) is 48.6 Å². The summed E-state index contributed by atoms with van der Waals surface area (Å²) in [6, 6.07) is 13.6. The normalized spacial score (nSPS) is 15.0. The molecule has 1 fully saturated rings. The molecule has 1 saturated heterocycles. The molecule has 0 saturated carbocycles. The third-order valence-corrected chi connectivity index (χ3v) is 5.21. The fourth-order valence-electron chi connectivity index (χ4n) is 2.30. The Bertz CT molecular complexity index is 956. The first-order chi connectivity index (χ1) is 13.5. The minimum Gasteiger partial charge on any atom is -0.490 e. The third kappa shape index (κ3) is 4.81. The Kier molecular flexibility index (Phi) is 6.51. The van der Waals surface area contributed by atoms with E-state index in [1.165, 1.54) is 0 Å². The number of carbonyl (C=O) groups is 2. The Balaban J connectivity index is 1.70. The largest absolute Gasteiger partial charge is 0.490 e. The van der Waals surface area contributed by atoms with Crippen LogP contribution in [0.3, 0.4) is 0 Å². The number of hydrogen-bond donors (Lipinski definition) is 1. The lowest BCUT2D eigenvalue weighted by Crippen LogP contribution is -2.44. The van der Waals surface area contributed by atoms with E-state index < -0.39 is 5.91 Å². The number of hydrogen-bond acceptors (Lipinski definition) is 5. The van der Waals surface area contributed by atoms with Crippen molar-refractivity contribution in [2.24, 2.45) is 0 Å². The van der Waals surface area contributed by atoms with Gasteiger partial charge < -0.3 is 4.74 Å². The molecule has 0 atom stereocenters. The zero-order valence-corrected chi connectivity index (χ0v) is 16.9. The summed E-state index contributed by atoms with van der Waals surface area (Å²) in [7, 11) is 0. The van der Waals surface area contributed by atoms with Gasteiger partial charge in [0.25, 0.3) is 11.8 Å². The van der Waals surface area contributed by atoms with E-state index >= 15 is 0 Å². The van der Waals surface area contributed by atoms with Crippen molar-refractivity contribution in [2.75, 3.05) is 6.61 Å². The number of amides is 2. The van der Waals surface area contributed by atoms with Gasteiger partial charge in [-0.05, 0) is 60.3 Å². The maximum Gasteiger partial charge on any atom is 0.285 e. The highest BCUT2D eigenvalue weighted by Gasteiger charge is 2.33. The molecule has 1 N–H and O–H groups in total. The molecule has 1 aliphatic heterocycles. The van der Waals surface area contributed by atoms with Crippen LogP contribution in [0.1, 0.15) is 15.9 Å². The molecule has 28 heavy (non-hydrogen) atoms. The molecule has 142 valence electrons. The van der Waals surface area contributed by atoms with Gasteiger partial charge in [-0.2, -0.15) is 5.01 Å². The Labute approximate surface area is 177 Å². The zero-order valence-electron chi connectivity index (χ0n) is 14.6. The van der Waals surface area contributed by atoms with E-state index in [4.69, 9.17) is 28.6 Å². The number of thiocarbonyl (C=S) groups is 1. The summed E-state index contributed by atoms with van der Waals surface area (Å²) in [4.78, 5) is 25.4. The molecule has 0 unspecified atom stereocenters. The summed E-state index contributed by atoms with van der Waals surface area (Å²) < 4.78 is 5.69. The topological polar surface area (TPSA) is 58.6 Å². The van der Waals surface area contributed by atoms with Gasteiger partial charge in [0.1, 0.15) is 12.4 Å². The predicted octanol–water partition coefficient (Wildman–Crippen LogP) is 4.45. The molecule has 0 aromatic heterocycles. The van der Waals surface area contributed by atoms with E-state index in [0.717, 1.165) is 22.3 Å². The lowest BCUT2D eigenvalue weighted by atomic mass is 10.2. The molecular formula is C20H15ClN2O3S2. The first kappa shape index (κ1) is 20.1. The highest BCUT2D eigenvalue weighted by atomic mass is 35.5. The molecule has 1 heterocycles. The quantitative estimate of drug-likeness (QED) is 0.417. The van der Waals surface area contributed by atoms with Crippen LogP contribution in [0.5, 0.6) is 5.75 Å². The van der Waals surface area contributed by atoms with Crippen LogP contribution in [-0.4, -0.2) is 27.8 Å². The molecule has 2 aromatic carbocycles. The van der Waals surface area contributed by atoms with Gasteiger partial charge in [0.05, 0.1) is 4.91 Å². The number of hydrazine groups is 1. The first-order valence-corrected chi connectivity index (χ1v) is 9.76. The Morgan fingerprint density at radius 1 is 1.21 bits per heavy atom. The molecule has 1 aliphatic rings.